The highest BCUT2D eigenvalue weighted by atomic mass is 16.5. The number of carbonyl (C=O) groups is 2. The summed E-state index contributed by atoms with van der Waals surface area (Å²) < 4.78 is 16.1. The predicted octanol–water partition coefficient (Wildman–Crippen LogP) is 2.74. The molecule has 1 aliphatic heterocycles. The standard InChI is InChI=1S/C19H10N2O6/c1-25-17-15-11(6-8-26-15)14(10-4-5-12(22)27-16(10)17)21-18(23)9-3-2-7-20-13(9)19(21)24/h2-8H,1H3. The van der Waals surface area contributed by atoms with E-state index in [9.17, 15) is 14.4 Å². The van der Waals surface area contributed by atoms with Crippen LogP contribution < -0.4 is 15.3 Å². The summed E-state index contributed by atoms with van der Waals surface area (Å²) in [6.07, 6.45) is 2.86. The largest absolute Gasteiger partial charge is 0.490 e. The Balaban J connectivity index is 1.92. The number of nitrogens with zero attached hydrogens (tertiary/aromatic N) is 2. The number of hydrogen-bond donors (Lipinski definition) is 0. The summed E-state index contributed by atoms with van der Waals surface area (Å²) in [5.41, 5.74) is 0.291. The van der Waals surface area contributed by atoms with Gasteiger partial charge in [0.25, 0.3) is 11.8 Å². The molecule has 0 N–H and O–H groups in total. The summed E-state index contributed by atoms with van der Waals surface area (Å²) in [5.74, 6) is -0.861. The molecule has 132 valence electrons. The lowest BCUT2D eigenvalue weighted by molar-refractivity contribution is 0.0925. The number of ether oxygens (including phenoxy) is 1. The first-order chi connectivity index (χ1) is 13.1. The van der Waals surface area contributed by atoms with Crippen LogP contribution in [0.5, 0.6) is 5.75 Å². The van der Waals surface area contributed by atoms with Crippen LogP contribution in [0.4, 0.5) is 5.69 Å². The Morgan fingerprint density at radius 3 is 2.59 bits per heavy atom. The molecule has 27 heavy (non-hydrogen) atoms. The molecule has 8 heteroatoms. The number of pyridine rings is 1. The fourth-order valence-electron chi connectivity index (χ4n) is 3.39. The molecule has 0 aliphatic carbocycles. The van der Waals surface area contributed by atoms with E-state index in [2.05, 4.69) is 4.98 Å². The van der Waals surface area contributed by atoms with E-state index in [4.69, 9.17) is 13.6 Å². The molecule has 0 unspecified atom stereocenters. The Morgan fingerprint density at radius 1 is 1.00 bits per heavy atom. The number of hydrogen-bond acceptors (Lipinski definition) is 7. The molecule has 8 nitrogen and oxygen atoms in total. The number of rotatable bonds is 2. The van der Waals surface area contributed by atoms with Crippen molar-refractivity contribution in [1.29, 1.82) is 0 Å². The zero-order valence-corrected chi connectivity index (χ0v) is 13.9. The third kappa shape index (κ3) is 1.92. The first kappa shape index (κ1) is 15.3. The summed E-state index contributed by atoms with van der Waals surface area (Å²) in [6.45, 7) is 0. The first-order valence-corrected chi connectivity index (χ1v) is 7.96. The smallest absolute Gasteiger partial charge is 0.336 e. The maximum absolute atomic E-state index is 12.9. The van der Waals surface area contributed by atoms with Gasteiger partial charge in [0.1, 0.15) is 5.69 Å². The zero-order valence-electron chi connectivity index (χ0n) is 13.9. The lowest BCUT2D eigenvalue weighted by Crippen LogP contribution is -2.30. The highest BCUT2D eigenvalue weighted by Gasteiger charge is 2.40. The molecule has 0 saturated carbocycles. The maximum atomic E-state index is 12.9. The lowest BCUT2D eigenvalue weighted by Gasteiger charge is -2.18. The van der Waals surface area contributed by atoms with Crippen LogP contribution >= 0.6 is 0 Å². The van der Waals surface area contributed by atoms with Crippen molar-refractivity contribution in [3.05, 3.63) is 64.5 Å². The van der Waals surface area contributed by atoms with Crippen molar-refractivity contribution >= 4 is 39.4 Å². The van der Waals surface area contributed by atoms with Gasteiger partial charge >= 0.3 is 5.63 Å². The molecule has 3 aromatic heterocycles. The van der Waals surface area contributed by atoms with Gasteiger partial charge in [-0.05, 0) is 24.3 Å². The molecule has 1 aliphatic rings. The van der Waals surface area contributed by atoms with Crippen LogP contribution in [-0.2, 0) is 0 Å². The fraction of sp³-hybridized carbons (Fsp3) is 0.0526. The molecule has 1 aromatic carbocycles. The molecular formula is C19H10N2O6. The SMILES string of the molecule is COc1c2occc2c(N2C(=O)c3cccnc3C2=O)c2ccc(=O)oc12. The number of furan rings is 1. The molecule has 4 aromatic rings. The van der Waals surface area contributed by atoms with Gasteiger partial charge in [-0.3, -0.25) is 14.6 Å². The number of amides is 2. The van der Waals surface area contributed by atoms with E-state index in [1.807, 2.05) is 0 Å². The molecule has 0 atom stereocenters. The van der Waals surface area contributed by atoms with Crippen LogP contribution in [0, 0.1) is 0 Å². The zero-order chi connectivity index (χ0) is 18.7. The van der Waals surface area contributed by atoms with Crippen LogP contribution in [0.15, 0.2) is 56.4 Å². The van der Waals surface area contributed by atoms with Gasteiger partial charge in [0, 0.05) is 23.0 Å². The quantitative estimate of drug-likeness (QED) is 0.399. The minimum Gasteiger partial charge on any atom is -0.490 e. The fourth-order valence-corrected chi connectivity index (χ4v) is 3.39. The number of carbonyl (C=O) groups excluding carboxylic acids is 2. The monoisotopic (exact) mass is 362 g/mol. The Kier molecular flexibility index (Phi) is 3.00. The molecule has 0 spiro atoms. The maximum Gasteiger partial charge on any atom is 0.336 e. The molecule has 2 amide bonds. The Labute approximate surface area is 150 Å². The minimum absolute atomic E-state index is 0.0699. The normalized spacial score (nSPS) is 13.6. The number of aromatic nitrogens is 1. The van der Waals surface area contributed by atoms with Crippen molar-refractivity contribution in [3.8, 4) is 5.75 Å². The van der Waals surface area contributed by atoms with Crippen LogP contribution in [0.25, 0.3) is 21.9 Å². The molecular weight excluding hydrogens is 352 g/mol. The summed E-state index contributed by atoms with van der Waals surface area (Å²) in [5, 5.41) is 0.845. The van der Waals surface area contributed by atoms with Crippen molar-refractivity contribution in [2.75, 3.05) is 12.0 Å². The van der Waals surface area contributed by atoms with Gasteiger partial charge in [-0.15, -0.1) is 0 Å². The van der Waals surface area contributed by atoms with Gasteiger partial charge < -0.3 is 13.6 Å². The average Bonchev–Trinajstić information content (AvgIpc) is 3.25. The summed E-state index contributed by atoms with van der Waals surface area (Å²) >= 11 is 0. The number of fused-ring (bicyclic) bond motifs is 3. The van der Waals surface area contributed by atoms with E-state index >= 15 is 0 Å². The predicted molar refractivity (Wildman–Crippen MR) is 94.2 cm³/mol. The molecule has 0 radical (unpaired) electrons. The Morgan fingerprint density at radius 2 is 1.81 bits per heavy atom. The number of imide groups is 1. The summed E-state index contributed by atoms with van der Waals surface area (Å²) in [6, 6.07) is 7.46. The molecule has 0 saturated heterocycles. The van der Waals surface area contributed by atoms with E-state index in [0.29, 0.717) is 10.8 Å². The molecule has 0 fully saturated rings. The second kappa shape index (κ2) is 5.28. The molecule has 0 bridgehead atoms. The van der Waals surface area contributed by atoms with Gasteiger partial charge in [-0.25, -0.2) is 9.69 Å². The van der Waals surface area contributed by atoms with Crippen LogP contribution in [-0.4, -0.2) is 23.9 Å². The highest BCUT2D eigenvalue weighted by Crippen LogP contribution is 2.44. The third-order valence-electron chi connectivity index (χ3n) is 4.50. The van der Waals surface area contributed by atoms with E-state index in [0.717, 1.165) is 4.90 Å². The minimum atomic E-state index is -0.596. The Hall–Kier alpha value is -3.94. The topological polar surface area (TPSA) is 103 Å². The molecule has 5 rings (SSSR count). The van der Waals surface area contributed by atoms with Crippen molar-refractivity contribution in [1.82, 2.24) is 4.98 Å². The van der Waals surface area contributed by atoms with E-state index in [1.54, 1.807) is 18.2 Å². The van der Waals surface area contributed by atoms with Crippen LogP contribution in [0.2, 0.25) is 0 Å². The summed E-state index contributed by atoms with van der Waals surface area (Å²) in [4.78, 5) is 42.7. The van der Waals surface area contributed by atoms with Crippen molar-refractivity contribution in [2.24, 2.45) is 0 Å². The third-order valence-corrected chi connectivity index (χ3v) is 4.50. The van der Waals surface area contributed by atoms with E-state index in [1.165, 1.54) is 31.7 Å². The van der Waals surface area contributed by atoms with Gasteiger partial charge in [0.15, 0.2) is 11.2 Å². The van der Waals surface area contributed by atoms with Gasteiger partial charge in [0.05, 0.1) is 24.6 Å². The number of anilines is 1. The van der Waals surface area contributed by atoms with Crippen LogP contribution in [0.1, 0.15) is 20.8 Å². The van der Waals surface area contributed by atoms with E-state index < -0.39 is 17.4 Å². The highest BCUT2D eigenvalue weighted by molar-refractivity contribution is 6.37. The lowest BCUT2D eigenvalue weighted by atomic mass is 10.1. The second-order valence-electron chi connectivity index (χ2n) is 5.89. The van der Waals surface area contributed by atoms with Crippen molar-refractivity contribution < 1.29 is 23.2 Å². The summed E-state index contributed by atoms with van der Waals surface area (Å²) in [7, 11) is 1.41. The first-order valence-electron chi connectivity index (χ1n) is 7.96. The second-order valence-corrected chi connectivity index (χ2v) is 5.89. The molecule has 4 heterocycles. The van der Waals surface area contributed by atoms with Crippen molar-refractivity contribution in [3.63, 3.8) is 0 Å². The van der Waals surface area contributed by atoms with Crippen molar-refractivity contribution in [2.45, 2.75) is 0 Å². The Bertz CT molecular complexity index is 1300. The van der Waals surface area contributed by atoms with Gasteiger partial charge in [-0.2, -0.15) is 0 Å². The van der Waals surface area contributed by atoms with Gasteiger partial charge in [-0.1, -0.05) is 0 Å². The average molecular weight is 362 g/mol. The van der Waals surface area contributed by atoms with Crippen LogP contribution in [0.3, 0.4) is 0 Å². The van der Waals surface area contributed by atoms with E-state index in [-0.39, 0.29) is 33.9 Å². The number of methoxy groups -OCH3 is 1. The van der Waals surface area contributed by atoms with Gasteiger partial charge in [0.2, 0.25) is 5.75 Å². The number of benzene rings is 1.